The maximum atomic E-state index is 2.36. The van der Waals surface area contributed by atoms with Gasteiger partial charge in [0, 0.05) is 15.2 Å². The number of rotatable bonds is 1. The summed E-state index contributed by atoms with van der Waals surface area (Å²) in [5, 5.41) is 0. The molecular formula is C9H12S. The van der Waals surface area contributed by atoms with Crippen molar-refractivity contribution in [2.75, 3.05) is 0 Å². The van der Waals surface area contributed by atoms with Crippen LogP contribution in [0.4, 0.5) is 0 Å². The molecule has 1 fully saturated rings. The van der Waals surface area contributed by atoms with Crippen LogP contribution in [0, 0.1) is 6.92 Å². The zero-order valence-corrected chi connectivity index (χ0v) is 7.29. The highest BCUT2D eigenvalue weighted by atomic mass is 32.1. The second-order valence-electron chi connectivity index (χ2n) is 3.47. The molecular weight excluding hydrogens is 140 g/mol. The van der Waals surface area contributed by atoms with Crippen LogP contribution >= 0.6 is 11.3 Å². The van der Waals surface area contributed by atoms with Gasteiger partial charge in [0.1, 0.15) is 0 Å². The Morgan fingerprint density at radius 3 is 2.50 bits per heavy atom. The first-order chi connectivity index (χ1) is 4.71. The van der Waals surface area contributed by atoms with Gasteiger partial charge >= 0.3 is 0 Å². The standard InChI is InChI=1S/C9H12S/c1-7-3-4-8(10-7)9(2)5-6-9/h3-4H,5-6H2,1-2H3. The van der Waals surface area contributed by atoms with Crippen LogP contribution in [0.2, 0.25) is 0 Å². The first kappa shape index (κ1) is 6.41. The monoisotopic (exact) mass is 152 g/mol. The molecule has 1 aliphatic rings. The zero-order chi connectivity index (χ0) is 7.19. The smallest absolute Gasteiger partial charge is 0.0107 e. The van der Waals surface area contributed by atoms with Crippen molar-refractivity contribution in [1.29, 1.82) is 0 Å². The van der Waals surface area contributed by atoms with Crippen LogP contribution < -0.4 is 0 Å². The van der Waals surface area contributed by atoms with E-state index in [1.807, 2.05) is 11.3 Å². The lowest BCUT2D eigenvalue weighted by atomic mass is 10.1. The van der Waals surface area contributed by atoms with Gasteiger partial charge in [-0.25, -0.2) is 0 Å². The summed E-state index contributed by atoms with van der Waals surface area (Å²) in [6.07, 6.45) is 2.79. The molecule has 1 aliphatic carbocycles. The van der Waals surface area contributed by atoms with Crippen molar-refractivity contribution >= 4 is 11.3 Å². The van der Waals surface area contributed by atoms with Crippen molar-refractivity contribution in [3.05, 3.63) is 21.9 Å². The van der Waals surface area contributed by atoms with E-state index in [2.05, 4.69) is 26.0 Å². The van der Waals surface area contributed by atoms with Gasteiger partial charge in [-0.2, -0.15) is 0 Å². The molecule has 0 amide bonds. The fraction of sp³-hybridized carbons (Fsp3) is 0.556. The molecule has 54 valence electrons. The molecule has 1 heterocycles. The van der Waals surface area contributed by atoms with Crippen LogP contribution in [0.3, 0.4) is 0 Å². The first-order valence-electron chi connectivity index (χ1n) is 3.78. The van der Waals surface area contributed by atoms with E-state index < -0.39 is 0 Å². The third-order valence-corrected chi connectivity index (χ3v) is 3.64. The Morgan fingerprint density at radius 2 is 2.10 bits per heavy atom. The van der Waals surface area contributed by atoms with Gasteiger partial charge in [-0.05, 0) is 31.9 Å². The van der Waals surface area contributed by atoms with E-state index in [-0.39, 0.29) is 0 Å². The Bertz CT molecular complexity index is 243. The number of aryl methyl sites for hydroxylation is 1. The molecule has 0 nitrogen and oxygen atoms in total. The first-order valence-corrected chi connectivity index (χ1v) is 4.59. The predicted octanol–water partition coefficient (Wildman–Crippen LogP) is 3.11. The summed E-state index contributed by atoms with van der Waals surface area (Å²) >= 11 is 1.96. The van der Waals surface area contributed by atoms with Crippen molar-refractivity contribution in [2.24, 2.45) is 0 Å². The molecule has 1 saturated carbocycles. The molecule has 0 aromatic carbocycles. The highest BCUT2D eigenvalue weighted by Crippen LogP contribution is 2.49. The molecule has 0 spiro atoms. The van der Waals surface area contributed by atoms with Gasteiger partial charge < -0.3 is 0 Å². The van der Waals surface area contributed by atoms with Gasteiger partial charge in [-0.1, -0.05) is 6.92 Å². The Hall–Kier alpha value is -0.300. The van der Waals surface area contributed by atoms with Gasteiger partial charge in [-0.15, -0.1) is 11.3 Å². The second kappa shape index (κ2) is 1.85. The lowest BCUT2D eigenvalue weighted by Gasteiger charge is -2.01. The quantitative estimate of drug-likeness (QED) is 0.580. The van der Waals surface area contributed by atoms with Crippen molar-refractivity contribution in [3.8, 4) is 0 Å². The Balaban J connectivity index is 2.34. The van der Waals surface area contributed by atoms with Gasteiger partial charge in [0.05, 0.1) is 0 Å². The zero-order valence-electron chi connectivity index (χ0n) is 6.48. The summed E-state index contributed by atoms with van der Waals surface area (Å²) in [6, 6.07) is 4.51. The molecule has 2 rings (SSSR count). The largest absolute Gasteiger partial charge is 0.145 e. The topological polar surface area (TPSA) is 0 Å². The third-order valence-electron chi connectivity index (χ3n) is 2.34. The lowest BCUT2D eigenvalue weighted by Crippen LogP contribution is -1.93. The summed E-state index contributed by atoms with van der Waals surface area (Å²) in [7, 11) is 0. The van der Waals surface area contributed by atoms with Crippen LogP contribution in [0.1, 0.15) is 29.5 Å². The van der Waals surface area contributed by atoms with E-state index in [1.54, 1.807) is 4.88 Å². The molecule has 0 radical (unpaired) electrons. The summed E-state index contributed by atoms with van der Waals surface area (Å²) < 4.78 is 0. The maximum Gasteiger partial charge on any atom is 0.0107 e. The SMILES string of the molecule is Cc1ccc(C2(C)CC2)s1. The molecule has 0 aliphatic heterocycles. The highest BCUT2D eigenvalue weighted by molar-refractivity contribution is 7.12. The third kappa shape index (κ3) is 0.891. The number of hydrogen-bond acceptors (Lipinski definition) is 1. The van der Waals surface area contributed by atoms with E-state index in [9.17, 15) is 0 Å². The maximum absolute atomic E-state index is 2.36. The second-order valence-corrected chi connectivity index (χ2v) is 4.76. The van der Waals surface area contributed by atoms with E-state index in [1.165, 1.54) is 17.7 Å². The Morgan fingerprint density at radius 1 is 1.40 bits per heavy atom. The van der Waals surface area contributed by atoms with Crippen molar-refractivity contribution in [2.45, 2.75) is 32.1 Å². The molecule has 1 aromatic heterocycles. The summed E-state index contributed by atoms with van der Waals surface area (Å²) in [6.45, 7) is 4.54. The minimum Gasteiger partial charge on any atom is -0.145 e. The predicted molar refractivity (Wildman–Crippen MR) is 45.6 cm³/mol. The fourth-order valence-electron chi connectivity index (χ4n) is 1.19. The van der Waals surface area contributed by atoms with Gasteiger partial charge in [-0.3, -0.25) is 0 Å². The van der Waals surface area contributed by atoms with Crippen molar-refractivity contribution in [1.82, 2.24) is 0 Å². The minimum absolute atomic E-state index is 0.582. The van der Waals surface area contributed by atoms with E-state index in [4.69, 9.17) is 0 Å². The van der Waals surface area contributed by atoms with Gasteiger partial charge in [0.15, 0.2) is 0 Å². The normalized spacial score (nSPS) is 21.0. The highest BCUT2D eigenvalue weighted by Gasteiger charge is 2.39. The number of hydrogen-bond donors (Lipinski definition) is 0. The van der Waals surface area contributed by atoms with Crippen LogP contribution in [-0.2, 0) is 5.41 Å². The van der Waals surface area contributed by atoms with Crippen LogP contribution in [0.15, 0.2) is 12.1 Å². The van der Waals surface area contributed by atoms with Gasteiger partial charge in [0.2, 0.25) is 0 Å². The van der Waals surface area contributed by atoms with Crippen LogP contribution in [0.25, 0.3) is 0 Å². The summed E-state index contributed by atoms with van der Waals surface area (Å²) in [4.78, 5) is 3.04. The molecule has 0 bridgehead atoms. The Kier molecular flexibility index (Phi) is 1.19. The minimum atomic E-state index is 0.582. The van der Waals surface area contributed by atoms with E-state index >= 15 is 0 Å². The lowest BCUT2D eigenvalue weighted by molar-refractivity contribution is 0.809. The number of thiophene rings is 1. The molecule has 0 saturated heterocycles. The molecule has 10 heavy (non-hydrogen) atoms. The van der Waals surface area contributed by atoms with E-state index in [0.717, 1.165) is 0 Å². The fourth-order valence-corrected chi connectivity index (χ4v) is 2.26. The van der Waals surface area contributed by atoms with Crippen LogP contribution in [0.5, 0.6) is 0 Å². The summed E-state index contributed by atoms with van der Waals surface area (Å²) in [5.41, 5.74) is 0.582. The van der Waals surface area contributed by atoms with Gasteiger partial charge in [0.25, 0.3) is 0 Å². The molecule has 0 unspecified atom stereocenters. The Labute approximate surface area is 65.9 Å². The molecule has 0 atom stereocenters. The van der Waals surface area contributed by atoms with Crippen LogP contribution in [-0.4, -0.2) is 0 Å². The average Bonchev–Trinajstić information content (AvgIpc) is 2.45. The average molecular weight is 152 g/mol. The van der Waals surface area contributed by atoms with Crippen molar-refractivity contribution in [3.63, 3.8) is 0 Å². The molecule has 1 aromatic rings. The molecule has 1 heteroatoms. The summed E-state index contributed by atoms with van der Waals surface area (Å²) in [5.74, 6) is 0. The van der Waals surface area contributed by atoms with E-state index in [0.29, 0.717) is 5.41 Å². The van der Waals surface area contributed by atoms with Crippen molar-refractivity contribution < 1.29 is 0 Å². The molecule has 0 N–H and O–H groups in total.